The summed E-state index contributed by atoms with van der Waals surface area (Å²) in [6.07, 6.45) is 0.984. The Labute approximate surface area is 218 Å². The Balaban J connectivity index is 1.47. The van der Waals surface area contributed by atoms with Crippen LogP contribution in [-0.4, -0.2) is 45.9 Å². The Morgan fingerprint density at radius 3 is 2.41 bits per heavy atom. The lowest BCUT2D eigenvalue weighted by Gasteiger charge is -2.24. The Morgan fingerprint density at radius 2 is 1.70 bits per heavy atom. The predicted octanol–water partition coefficient (Wildman–Crippen LogP) is 3.10. The third-order valence-electron chi connectivity index (χ3n) is 6.36. The van der Waals surface area contributed by atoms with Crippen LogP contribution >= 0.6 is 0 Å². The Hall–Kier alpha value is -3.69. The summed E-state index contributed by atoms with van der Waals surface area (Å²) in [4.78, 5) is 27.1. The molecule has 1 atom stereocenters. The number of sulfonamides is 1. The zero-order valence-corrected chi connectivity index (χ0v) is 21.6. The van der Waals surface area contributed by atoms with Gasteiger partial charge < -0.3 is 15.5 Å². The van der Waals surface area contributed by atoms with Crippen molar-refractivity contribution in [2.24, 2.45) is 0 Å². The van der Waals surface area contributed by atoms with Gasteiger partial charge in [0.05, 0.1) is 4.90 Å². The second-order valence-electron chi connectivity index (χ2n) is 8.94. The molecule has 8 nitrogen and oxygen atoms in total. The fourth-order valence-corrected chi connectivity index (χ4v) is 5.61. The highest BCUT2D eigenvalue weighted by Crippen LogP contribution is 2.25. The van der Waals surface area contributed by atoms with Gasteiger partial charge in [-0.3, -0.25) is 9.59 Å². The number of carbonyl (C=O) groups is 2. The van der Waals surface area contributed by atoms with Gasteiger partial charge in [0.25, 0.3) is 0 Å². The molecular weight excluding hydrogens is 488 g/mol. The van der Waals surface area contributed by atoms with E-state index in [1.165, 1.54) is 6.07 Å². The molecule has 0 aromatic heterocycles. The largest absolute Gasteiger partial charge is 0.370 e. The smallest absolute Gasteiger partial charge is 0.241 e. The molecule has 0 saturated heterocycles. The monoisotopic (exact) mass is 520 g/mol. The van der Waals surface area contributed by atoms with Gasteiger partial charge >= 0.3 is 0 Å². The van der Waals surface area contributed by atoms with Gasteiger partial charge in [0, 0.05) is 37.4 Å². The highest BCUT2D eigenvalue weighted by molar-refractivity contribution is 7.89. The average Bonchev–Trinajstić information content (AvgIpc) is 2.91. The number of nitrogens with one attached hydrogen (secondary N) is 3. The molecule has 0 saturated carbocycles. The van der Waals surface area contributed by atoms with Gasteiger partial charge in [-0.1, -0.05) is 48.5 Å². The molecule has 0 bridgehead atoms. The fourth-order valence-electron chi connectivity index (χ4n) is 4.37. The molecule has 4 rings (SSSR count). The number of anilines is 2. The van der Waals surface area contributed by atoms with Crippen molar-refractivity contribution >= 4 is 33.2 Å². The lowest BCUT2D eigenvalue weighted by atomic mass is 10.0. The van der Waals surface area contributed by atoms with Gasteiger partial charge in [-0.05, 0) is 61.2 Å². The normalized spacial score (nSPS) is 13.8. The van der Waals surface area contributed by atoms with E-state index in [0.717, 1.165) is 23.4 Å². The molecule has 3 aromatic rings. The van der Waals surface area contributed by atoms with Gasteiger partial charge in [-0.15, -0.1) is 0 Å². The van der Waals surface area contributed by atoms with Crippen molar-refractivity contribution in [3.8, 4) is 0 Å². The third-order valence-corrected chi connectivity index (χ3v) is 7.83. The fraction of sp³-hybridized carbons (Fsp3) is 0.286. The minimum Gasteiger partial charge on any atom is -0.370 e. The van der Waals surface area contributed by atoms with Gasteiger partial charge in [-0.25, -0.2) is 8.42 Å². The van der Waals surface area contributed by atoms with E-state index in [2.05, 4.69) is 20.3 Å². The van der Waals surface area contributed by atoms with Gasteiger partial charge in [0.1, 0.15) is 6.04 Å². The second-order valence-corrected chi connectivity index (χ2v) is 10.7. The van der Waals surface area contributed by atoms with Crippen molar-refractivity contribution in [3.63, 3.8) is 0 Å². The highest BCUT2D eigenvalue weighted by atomic mass is 32.2. The quantitative estimate of drug-likeness (QED) is 0.360. The maximum atomic E-state index is 13.3. The third kappa shape index (κ3) is 6.96. The molecule has 1 aliphatic rings. The van der Waals surface area contributed by atoms with Gasteiger partial charge in [-0.2, -0.15) is 4.72 Å². The van der Waals surface area contributed by atoms with Gasteiger partial charge in [0.15, 0.2) is 0 Å². The molecule has 2 amide bonds. The minimum atomic E-state index is -3.99. The lowest BCUT2D eigenvalue weighted by Crippen LogP contribution is -2.49. The summed E-state index contributed by atoms with van der Waals surface area (Å²) in [6.45, 7) is 3.78. The van der Waals surface area contributed by atoms with Crippen molar-refractivity contribution < 1.29 is 18.0 Å². The summed E-state index contributed by atoms with van der Waals surface area (Å²) in [7, 11) is -3.99. The summed E-state index contributed by atoms with van der Waals surface area (Å²) < 4.78 is 29.2. The van der Waals surface area contributed by atoms with E-state index in [1.54, 1.807) is 12.1 Å². The van der Waals surface area contributed by atoms with Crippen molar-refractivity contribution in [2.75, 3.05) is 29.9 Å². The van der Waals surface area contributed by atoms with Crippen LogP contribution in [0.2, 0.25) is 0 Å². The van der Waals surface area contributed by atoms with Gasteiger partial charge in [0.2, 0.25) is 21.8 Å². The van der Waals surface area contributed by atoms with E-state index in [-0.39, 0.29) is 23.1 Å². The Morgan fingerprint density at radius 1 is 1.00 bits per heavy atom. The molecule has 9 heteroatoms. The van der Waals surface area contributed by atoms with E-state index in [9.17, 15) is 18.0 Å². The number of para-hydroxylation sites is 1. The number of hydrogen-bond donors (Lipinski definition) is 3. The summed E-state index contributed by atoms with van der Waals surface area (Å²) in [5, 5.41) is 5.67. The summed E-state index contributed by atoms with van der Waals surface area (Å²) in [5.74, 6) is -0.475. The number of nitrogens with zero attached hydrogens (tertiary/aromatic N) is 1. The molecular formula is C28H32N4O4S. The SMILES string of the molecule is CCN(CCNC(=O)[C@H](Cc1ccccc1)NS(=O)(=O)c1ccc2c(c1)CCC(=O)N2)c1ccccc1. The topological polar surface area (TPSA) is 108 Å². The van der Waals surface area contributed by atoms with Crippen molar-refractivity contribution in [1.29, 1.82) is 0 Å². The Kier molecular flexibility index (Phi) is 8.58. The minimum absolute atomic E-state index is 0.0643. The maximum absolute atomic E-state index is 13.3. The number of fused-ring (bicyclic) bond motifs is 1. The number of hydrogen-bond acceptors (Lipinski definition) is 5. The Bertz CT molecular complexity index is 1330. The molecule has 3 N–H and O–H groups in total. The molecule has 3 aromatic carbocycles. The molecule has 0 unspecified atom stereocenters. The van der Waals surface area contributed by atoms with E-state index in [0.29, 0.717) is 31.6 Å². The highest BCUT2D eigenvalue weighted by Gasteiger charge is 2.27. The average molecular weight is 521 g/mol. The van der Waals surface area contributed by atoms with Crippen LogP contribution in [0.3, 0.4) is 0 Å². The van der Waals surface area contributed by atoms with Crippen LogP contribution in [0.15, 0.2) is 83.8 Å². The van der Waals surface area contributed by atoms with Crippen LogP contribution in [-0.2, 0) is 32.5 Å². The number of carbonyl (C=O) groups excluding carboxylic acids is 2. The standard InChI is InChI=1S/C28H32N4O4S/c1-2-32(23-11-7-4-8-12-23)18-17-29-28(34)26(19-21-9-5-3-6-10-21)31-37(35,36)24-14-15-25-22(20-24)13-16-27(33)30-25/h3-12,14-15,20,26,31H,2,13,16-19H2,1H3,(H,29,34)(H,30,33)/t26-/m0/s1. The molecule has 0 fully saturated rings. The first-order valence-corrected chi connectivity index (χ1v) is 13.9. The predicted molar refractivity (Wildman–Crippen MR) is 145 cm³/mol. The summed E-state index contributed by atoms with van der Waals surface area (Å²) in [6, 6.07) is 22.9. The van der Waals surface area contributed by atoms with Crippen molar-refractivity contribution in [2.45, 2.75) is 37.1 Å². The maximum Gasteiger partial charge on any atom is 0.241 e. The first-order chi connectivity index (χ1) is 17.9. The number of aryl methyl sites for hydroxylation is 1. The van der Waals surface area contributed by atoms with E-state index >= 15 is 0 Å². The van der Waals surface area contributed by atoms with E-state index in [4.69, 9.17) is 0 Å². The zero-order valence-electron chi connectivity index (χ0n) is 20.8. The lowest BCUT2D eigenvalue weighted by molar-refractivity contribution is -0.122. The summed E-state index contributed by atoms with van der Waals surface area (Å²) in [5.41, 5.74) is 3.28. The zero-order chi connectivity index (χ0) is 26.3. The van der Waals surface area contributed by atoms with E-state index < -0.39 is 16.1 Å². The molecule has 0 spiro atoms. The van der Waals surface area contributed by atoms with Crippen LogP contribution < -0.4 is 20.3 Å². The van der Waals surface area contributed by atoms with Crippen molar-refractivity contribution in [3.05, 3.63) is 90.0 Å². The first kappa shape index (κ1) is 26.4. The summed E-state index contributed by atoms with van der Waals surface area (Å²) >= 11 is 0. The van der Waals surface area contributed by atoms with E-state index in [1.807, 2.05) is 67.6 Å². The number of likely N-dealkylation sites (N-methyl/N-ethyl adjacent to an activating group) is 1. The molecule has 37 heavy (non-hydrogen) atoms. The molecule has 0 aliphatic carbocycles. The molecule has 0 radical (unpaired) electrons. The molecule has 1 aliphatic heterocycles. The molecule has 1 heterocycles. The number of benzene rings is 3. The van der Waals surface area contributed by atoms with Crippen LogP contribution in [0.5, 0.6) is 0 Å². The molecule has 194 valence electrons. The van der Waals surface area contributed by atoms with Crippen LogP contribution in [0.4, 0.5) is 11.4 Å². The van der Waals surface area contributed by atoms with Crippen LogP contribution in [0.25, 0.3) is 0 Å². The van der Waals surface area contributed by atoms with Crippen molar-refractivity contribution in [1.82, 2.24) is 10.0 Å². The number of amides is 2. The number of rotatable bonds is 11. The first-order valence-electron chi connectivity index (χ1n) is 12.4. The van der Waals surface area contributed by atoms with Crippen LogP contribution in [0.1, 0.15) is 24.5 Å². The van der Waals surface area contributed by atoms with Crippen LogP contribution in [0, 0.1) is 0 Å². The second kappa shape index (κ2) is 12.0.